The summed E-state index contributed by atoms with van der Waals surface area (Å²) >= 11 is 0. The van der Waals surface area contributed by atoms with Crippen LogP contribution in [0.2, 0.25) is 0 Å². The number of benzene rings is 1. The average molecular weight is 250 g/mol. The molecule has 0 aromatic heterocycles. The number of hydrogen-bond donors (Lipinski definition) is 3. The van der Waals surface area contributed by atoms with Crippen molar-refractivity contribution in [3.05, 3.63) is 35.9 Å². The molecule has 0 amide bonds. The zero-order chi connectivity index (χ0) is 14.4. The predicted molar refractivity (Wildman–Crippen MR) is 81.3 cm³/mol. The lowest BCUT2D eigenvalue weighted by Gasteiger charge is -2.01. The first-order valence-corrected chi connectivity index (χ1v) is 6.38. The van der Waals surface area contributed by atoms with Crippen LogP contribution in [0.1, 0.15) is 39.7 Å². The lowest BCUT2D eigenvalue weighted by Crippen LogP contribution is -2.23. The Morgan fingerprint density at radius 2 is 1.56 bits per heavy atom. The normalized spacial score (nSPS) is 8.00. The summed E-state index contributed by atoms with van der Waals surface area (Å²) in [5, 5.41) is 7.72. The van der Waals surface area contributed by atoms with E-state index < -0.39 is 0 Å². The minimum Gasteiger partial charge on any atom is -0.370 e. The van der Waals surface area contributed by atoms with Crippen molar-refractivity contribution in [1.82, 2.24) is 0 Å². The smallest absolute Gasteiger partial charge is 0.185 e. The second-order valence-corrected chi connectivity index (χ2v) is 2.90. The molecule has 0 atom stereocenters. The highest BCUT2D eigenvalue weighted by molar-refractivity contribution is 5.98. The number of nitrogens with two attached hydrogens (primary N) is 2. The minimum atomic E-state index is 0.0749. The fraction of sp³-hybridized carbons (Fsp3) is 0.429. The highest BCUT2D eigenvalue weighted by Gasteiger charge is 1.98. The second kappa shape index (κ2) is 13.2. The van der Waals surface area contributed by atoms with Crippen LogP contribution in [-0.4, -0.2) is 18.2 Å². The molecule has 102 valence electrons. The molecule has 0 aliphatic carbocycles. The van der Waals surface area contributed by atoms with Gasteiger partial charge >= 0.3 is 0 Å². The first kappa shape index (κ1) is 18.5. The number of rotatable bonds is 4. The van der Waals surface area contributed by atoms with E-state index in [9.17, 15) is 0 Å². The molecule has 0 spiro atoms. The van der Waals surface area contributed by atoms with E-state index >= 15 is 0 Å². The van der Waals surface area contributed by atoms with E-state index in [0.29, 0.717) is 18.7 Å². The molecule has 1 aromatic rings. The maximum atomic E-state index is 7.72. The summed E-state index contributed by atoms with van der Waals surface area (Å²) in [5.74, 6) is 0.0749. The highest BCUT2D eigenvalue weighted by Crippen LogP contribution is 2.02. The van der Waals surface area contributed by atoms with Gasteiger partial charge in [0.15, 0.2) is 5.96 Å². The third kappa shape index (κ3) is 9.39. The third-order valence-electron chi connectivity index (χ3n) is 1.78. The van der Waals surface area contributed by atoms with Crippen molar-refractivity contribution < 1.29 is 0 Å². The average Bonchev–Trinajstić information content (AvgIpc) is 2.44. The number of nitrogens with one attached hydrogen (secondary N) is 1. The summed E-state index contributed by atoms with van der Waals surface area (Å²) in [5.41, 5.74) is 11.8. The van der Waals surface area contributed by atoms with E-state index in [1.807, 2.05) is 58.0 Å². The van der Waals surface area contributed by atoms with Crippen LogP contribution in [0.3, 0.4) is 0 Å². The Bertz CT molecular complexity index is 327. The first-order chi connectivity index (χ1) is 8.70. The SMILES string of the molecule is CC.CC.N=C(CCN=C(N)N)c1ccccc1. The summed E-state index contributed by atoms with van der Waals surface area (Å²) in [6.07, 6.45) is 0.557. The van der Waals surface area contributed by atoms with Crippen LogP contribution in [0.25, 0.3) is 0 Å². The third-order valence-corrected chi connectivity index (χ3v) is 1.78. The summed E-state index contributed by atoms with van der Waals surface area (Å²) < 4.78 is 0. The van der Waals surface area contributed by atoms with E-state index in [1.165, 1.54) is 0 Å². The Kier molecular flexibility index (Phi) is 13.6. The lowest BCUT2D eigenvalue weighted by atomic mass is 10.1. The van der Waals surface area contributed by atoms with Gasteiger partial charge in [0.1, 0.15) is 0 Å². The van der Waals surface area contributed by atoms with Crippen LogP contribution >= 0.6 is 0 Å². The van der Waals surface area contributed by atoms with Crippen LogP contribution < -0.4 is 11.5 Å². The molecule has 0 radical (unpaired) electrons. The van der Waals surface area contributed by atoms with Crippen molar-refractivity contribution in [1.29, 1.82) is 5.41 Å². The summed E-state index contributed by atoms with van der Waals surface area (Å²) in [7, 11) is 0. The van der Waals surface area contributed by atoms with Gasteiger partial charge in [0.25, 0.3) is 0 Å². The zero-order valence-corrected chi connectivity index (χ0v) is 11.9. The Balaban J connectivity index is 0. The van der Waals surface area contributed by atoms with Crippen molar-refractivity contribution in [2.24, 2.45) is 16.5 Å². The van der Waals surface area contributed by atoms with Gasteiger partial charge in [-0.05, 0) is 5.56 Å². The lowest BCUT2D eigenvalue weighted by molar-refractivity contribution is 1.02. The van der Waals surface area contributed by atoms with Crippen molar-refractivity contribution in [2.45, 2.75) is 34.1 Å². The van der Waals surface area contributed by atoms with E-state index in [-0.39, 0.29) is 5.96 Å². The van der Waals surface area contributed by atoms with Crippen LogP contribution in [0.5, 0.6) is 0 Å². The molecule has 4 nitrogen and oxygen atoms in total. The molecular weight excluding hydrogens is 224 g/mol. The Morgan fingerprint density at radius 3 is 2.00 bits per heavy atom. The summed E-state index contributed by atoms with van der Waals surface area (Å²) in [4.78, 5) is 3.82. The molecule has 0 aliphatic rings. The number of guanidine groups is 1. The van der Waals surface area contributed by atoms with Gasteiger partial charge in [-0.3, -0.25) is 4.99 Å². The van der Waals surface area contributed by atoms with Crippen LogP contribution in [0.15, 0.2) is 35.3 Å². The molecule has 1 rings (SSSR count). The van der Waals surface area contributed by atoms with E-state index in [2.05, 4.69) is 4.99 Å². The molecule has 1 aromatic carbocycles. The molecule has 18 heavy (non-hydrogen) atoms. The fourth-order valence-corrected chi connectivity index (χ4v) is 1.08. The topological polar surface area (TPSA) is 88.2 Å². The largest absolute Gasteiger partial charge is 0.370 e. The zero-order valence-electron chi connectivity index (χ0n) is 11.9. The van der Waals surface area contributed by atoms with Gasteiger partial charge in [-0.1, -0.05) is 58.0 Å². The number of nitrogens with zero attached hydrogens (tertiary/aromatic N) is 1. The van der Waals surface area contributed by atoms with Gasteiger partial charge in [0.05, 0.1) is 0 Å². The van der Waals surface area contributed by atoms with Crippen molar-refractivity contribution in [3.63, 3.8) is 0 Å². The molecule has 0 fully saturated rings. The summed E-state index contributed by atoms with van der Waals surface area (Å²) in [6, 6.07) is 9.54. The quantitative estimate of drug-likeness (QED) is 0.566. The number of aliphatic imine (C=N–C) groups is 1. The molecular formula is C14H26N4. The maximum Gasteiger partial charge on any atom is 0.185 e. The van der Waals surface area contributed by atoms with E-state index in [4.69, 9.17) is 16.9 Å². The molecule has 0 aliphatic heterocycles. The first-order valence-electron chi connectivity index (χ1n) is 6.38. The van der Waals surface area contributed by atoms with Crippen molar-refractivity contribution in [3.8, 4) is 0 Å². The number of hydrogen-bond acceptors (Lipinski definition) is 2. The second-order valence-electron chi connectivity index (χ2n) is 2.90. The summed E-state index contributed by atoms with van der Waals surface area (Å²) in [6.45, 7) is 8.47. The monoisotopic (exact) mass is 250 g/mol. The van der Waals surface area contributed by atoms with Gasteiger partial charge in [-0.2, -0.15) is 0 Å². The fourth-order valence-electron chi connectivity index (χ4n) is 1.08. The van der Waals surface area contributed by atoms with Gasteiger partial charge in [0.2, 0.25) is 0 Å². The van der Waals surface area contributed by atoms with Crippen LogP contribution in [-0.2, 0) is 0 Å². The van der Waals surface area contributed by atoms with Crippen LogP contribution in [0, 0.1) is 5.41 Å². The molecule has 5 N–H and O–H groups in total. The Morgan fingerprint density at radius 1 is 1.06 bits per heavy atom. The standard InChI is InChI=1S/C10H14N4.2C2H6/c11-9(6-7-14-10(12)13)8-4-2-1-3-5-8;2*1-2/h1-5,11H,6-7H2,(H4,12,13,14);2*1-2H3. The van der Waals surface area contributed by atoms with Gasteiger partial charge in [-0.15, -0.1) is 0 Å². The van der Waals surface area contributed by atoms with E-state index in [0.717, 1.165) is 5.56 Å². The van der Waals surface area contributed by atoms with Gasteiger partial charge < -0.3 is 16.9 Å². The Labute approximate surface area is 111 Å². The van der Waals surface area contributed by atoms with Crippen molar-refractivity contribution in [2.75, 3.05) is 6.54 Å². The van der Waals surface area contributed by atoms with Gasteiger partial charge in [0, 0.05) is 18.7 Å². The Hall–Kier alpha value is -1.84. The molecule has 0 bridgehead atoms. The molecule has 0 unspecified atom stereocenters. The maximum absolute atomic E-state index is 7.72. The van der Waals surface area contributed by atoms with E-state index in [1.54, 1.807) is 0 Å². The molecule has 0 saturated heterocycles. The molecule has 0 heterocycles. The highest BCUT2D eigenvalue weighted by atomic mass is 15.0. The predicted octanol–water partition coefficient (Wildman–Crippen LogP) is 2.77. The van der Waals surface area contributed by atoms with Crippen molar-refractivity contribution >= 4 is 11.7 Å². The molecule has 4 heteroatoms. The van der Waals surface area contributed by atoms with Gasteiger partial charge in [-0.25, -0.2) is 0 Å². The minimum absolute atomic E-state index is 0.0749. The molecule has 0 saturated carbocycles. The van der Waals surface area contributed by atoms with Crippen LogP contribution in [0.4, 0.5) is 0 Å².